The van der Waals surface area contributed by atoms with Gasteiger partial charge in [-0.05, 0) is 31.0 Å². The molecule has 0 saturated heterocycles. The summed E-state index contributed by atoms with van der Waals surface area (Å²) in [7, 11) is 0. The maximum absolute atomic E-state index is 9.51. The van der Waals surface area contributed by atoms with Crippen LogP contribution >= 0.6 is 0 Å². The Morgan fingerprint density at radius 2 is 2.21 bits per heavy atom. The Morgan fingerprint density at radius 3 is 2.79 bits per heavy atom. The quantitative estimate of drug-likeness (QED) is 0.866. The summed E-state index contributed by atoms with van der Waals surface area (Å²) in [6, 6.07) is 7.36. The van der Waals surface area contributed by atoms with Gasteiger partial charge in [-0.3, -0.25) is 0 Å². The summed E-state index contributed by atoms with van der Waals surface area (Å²) in [5.41, 5.74) is 1.03. The molecule has 0 saturated carbocycles. The normalized spacial score (nSPS) is 14.3. The summed E-state index contributed by atoms with van der Waals surface area (Å²) in [6.45, 7) is 5.89. The van der Waals surface area contributed by atoms with E-state index in [-0.39, 0.29) is 17.8 Å². The van der Waals surface area contributed by atoms with Crippen molar-refractivity contribution in [3.63, 3.8) is 0 Å². The summed E-state index contributed by atoms with van der Waals surface area (Å²) in [5, 5.41) is 16.9. The van der Waals surface area contributed by atoms with E-state index in [1.165, 1.54) is 0 Å². The number of nitrogens with one attached hydrogen (secondary N) is 1. The molecule has 0 fully saturated rings. The highest BCUT2D eigenvalue weighted by Gasteiger charge is 2.18. The highest BCUT2D eigenvalue weighted by atomic mass is 16.5. The molecule has 1 aromatic heterocycles. The van der Waals surface area contributed by atoms with Gasteiger partial charge in [0.05, 0.1) is 6.04 Å². The van der Waals surface area contributed by atoms with Crippen LogP contribution in [-0.2, 0) is 0 Å². The summed E-state index contributed by atoms with van der Waals surface area (Å²) in [5.74, 6) is 1.52. The predicted octanol–water partition coefficient (Wildman–Crippen LogP) is 2.89. The molecule has 0 radical (unpaired) electrons. The number of hydrogen-bond donors (Lipinski definition) is 2. The molecular formula is C14H19N3O2. The van der Waals surface area contributed by atoms with Crippen molar-refractivity contribution in [3.05, 3.63) is 41.5 Å². The van der Waals surface area contributed by atoms with Gasteiger partial charge in [0, 0.05) is 13.0 Å². The summed E-state index contributed by atoms with van der Waals surface area (Å²) >= 11 is 0. The summed E-state index contributed by atoms with van der Waals surface area (Å²) in [4.78, 5) is 4.26. The summed E-state index contributed by atoms with van der Waals surface area (Å²) < 4.78 is 5.01. The highest BCUT2D eigenvalue weighted by molar-refractivity contribution is 5.29. The van der Waals surface area contributed by atoms with Gasteiger partial charge in [0.1, 0.15) is 5.75 Å². The minimum Gasteiger partial charge on any atom is -0.508 e. The number of phenols is 1. The predicted molar refractivity (Wildman–Crippen MR) is 71.7 cm³/mol. The molecule has 2 aromatic rings. The van der Waals surface area contributed by atoms with Crippen molar-refractivity contribution in [2.45, 2.75) is 39.3 Å². The molecule has 0 spiro atoms. The van der Waals surface area contributed by atoms with Gasteiger partial charge in [-0.25, -0.2) is 0 Å². The average molecular weight is 261 g/mol. The third-order valence-corrected chi connectivity index (χ3v) is 3.08. The Morgan fingerprint density at radius 1 is 1.42 bits per heavy atom. The maximum Gasteiger partial charge on any atom is 0.223 e. The third kappa shape index (κ3) is 3.32. The zero-order valence-electron chi connectivity index (χ0n) is 11.4. The van der Waals surface area contributed by atoms with Crippen molar-refractivity contribution in [2.75, 3.05) is 0 Å². The Hall–Kier alpha value is -1.88. The molecular weight excluding hydrogens is 242 g/mol. The largest absolute Gasteiger partial charge is 0.508 e. The smallest absolute Gasteiger partial charge is 0.223 e. The first-order chi connectivity index (χ1) is 9.10. The van der Waals surface area contributed by atoms with Gasteiger partial charge in [-0.2, -0.15) is 4.98 Å². The van der Waals surface area contributed by atoms with Crippen LogP contribution in [-0.4, -0.2) is 15.2 Å². The Balaban J connectivity index is 2.10. The first kappa shape index (κ1) is 13.5. The topological polar surface area (TPSA) is 71.2 Å². The molecule has 0 aliphatic heterocycles. The standard InChI is InChI=1S/C14H19N3O2/c1-4-13(14-16-10(3)19-17-14)15-9(2)11-6-5-7-12(18)8-11/h5-9,13,15,18H,4H2,1-3H3/t9-,13-/m0/s1. The lowest BCUT2D eigenvalue weighted by Crippen LogP contribution is -2.25. The Bertz CT molecular complexity index is 539. The zero-order valence-corrected chi connectivity index (χ0v) is 11.4. The monoisotopic (exact) mass is 261 g/mol. The van der Waals surface area contributed by atoms with Gasteiger partial charge in [0.15, 0.2) is 5.82 Å². The second-order valence-electron chi connectivity index (χ2n) is 4.62. The number of aromatic hydroxyl groups is 1. The molecule has 2 rings (SSSR count). The molecule has 0 aliphatic carbocycles. The second kappa shape index (κ2) is 5.84. The number of benzene rings is 1. The van der Waals surface area contributed by atoms with E-state index < -0.39 is 0 Å². The molecule has 1 heterocycles. The van der Waals surface area contributed by atoms with Crippen LogP contribution in [0.15, 0.2) is 28.8 Å². The Labute approximate surface area is 112 Å². The van der Waals surface area contributed by atoms with E-state index >= 15 is 0 Å². The van der Waals surface area contributed by atoms with Crippen molar-refractivity contribution in [1.29, 1.82) is 0 Å². The van der Waals surface area contributed by atoms with Crippen LogP contribution < -0.4 is 5.32 Å². The molecule has 0 bridgehead atoms. The lowest BCUT2D eigenvalue weighted by molar-refractivity contribution is 0.367. The van der Waals surface area contributed by atoms with E-state index in [2.05, 4.69) is 22.4 Å². The van der Waals surface area contributed by atoms with Crippen LogP contribution in [0.2, 0.25) is 0 Å². The third-order valence-electron chi connectivity index (χ3n) is 3.08. The molecule has 0 amide bonds. The molecule has 1 aromatic carbocycles. The molecule has 102 valence electrons. The van der Waals surface area contributed by atoms with E-state index in [0.717, 1.165) is 12.0 Å². The molecule has 5 heteroatoms. The zero-order chi connectivity index (χ0) is 13.8. The fourth-order valence-electron chi connectivity index (χ4n) is 2.02. The van der Waals surface area contributed by atoms with Gasteiger partial charge < -0.3 is 14.9 Å². The number of aryl methyl sites for hydroxylation is 1. The number of aromatic nitrogens is 2. The summed E-state index contributed by atoms with van der Waals surface area (Å²) in [6.07, 6.45) is 0.863. The molecule has 5 nitrogen and oxygen atoms in total. The lowest BCUT2D eigenvalue weighted by Gasteiger charge is -2.20. The van der Waals surface area contributed by atoms with Gasteiger partial charge in [-0.15, -0.1) is 0 Å². The Kier molecular flexibility index (Phi) is 4.16. The van der Waals surface area contributed by atoms with Crippen molar-refractivity contribution < 1.29 is 9.63 Å². The van der Waals surface area contributed by atoms with Crippen molar-refractivity contribution in [3.8, 4) is 5.75 Å². The molecule has 0 aliphatic rings. The van der Waals surface area contributed by atoms with Crippen LogP contribution in [0.4, 0.5) is 0 Å². The van der Waals surface area contributed by atoms with Crippen molar-refractivity contribution in [1.82, 2.24) is 15.5 Å². The molecule has 2 atom stereocenters. The first-order valence-electron chi connectivity index (χ1n) is 6.45. The molecule has 0 unspecified atom stereocenters. The lowest BCUT2D eigenvalue weighted by atomic mass is 10.1. The van der Waals surface area contributed by atoms with E-state index in [4.69, 9.17) is 4.52 Å². The SMILES string of the molecule is CC[C@H](N[C@@H](C)c1cccc(O)c1)c1noc(C)n1. The van der Waals surface area contributed by atoms with Gasteiger partial charge in [-0.1, -0.05) is 24.2 Å². The van der Waals surface area contributed by atoms with Crippen LogP contribution in [0.25, 0.3) is 0 Å². The molecule has 19 heavy (non-hydrogen) atoms. The number of nitrogens with zero attached hydrogens (tertiary/aromatic N) is 2. The van der Waals surface area contributed by atoms with Crippen molar-refractivity contribution in [2.24, 2.45) is 0 Å². The van der Waals surface area contributed by atoms with Crippen molar-refractivity contribution >= 4 is 0 Å². The van der Waals surface area contributed by atoms with E-state index in [1.54, 1.807) is 19.1 Å². The van der Waals surface area contributed by atoms with Crippen LogP contribution in [0.1, 0.15) is 49.6 Å². The van der Waals surface area contributed by atoms with Crippen LogP contribution in [0.5, 0.6) is 5.75 Å². The fraction of sp³-hybridized carbons (Fsp3) is 0.429. The minimum absolute atomic E-state index is 0.0369. The number of rotatable bonds is 5. The second-order valence-corrected chi connectivity index (χ2v) is 4.62. The molecule has 2 N–H and O–H groups in total. The average Bonchev–Trinajstić information content (AvgIpc) is 2.82. The van der Waals surface area contributed by atoms with Gasteiger partial charge in [0.25, 0.3) is 0 Å². The van der Waals surface area contributed by atoms with Crippen LogP contribution in [0.3, 0.4) is 0 Å². The first-order valence-corrected chi connectivity index (χ1v) is 6.45. The van der Waals surface area contributed by atoms with E-state index in [9.17, 15) is 5.11 Å². The van der Waals surface area contributed by atoms with E-state index in [1.807, 2.05) is 19.1 Å². The minimum atomic E-state index is 0.0369. The van der Waals surface area contributed by atoms with E-state index in [0.29, 0.717) is 11.7 Å². The van der Waals surface area contributed by atoms with Gasteiger partial charge in [0.2, 0.25) is 5.89 Å². The number of hydrogen-bond acceptors (Lipinski definition) is 5. The maximum atomic E-state index is 9.51. The fourth-order valence-corrected chi connectivity index (χ4v) is 2.02. The van der Waals surface area contributed by atoms with Crippen LogP contribution in [0, 0.1) is 6.92 Å². The number of phenolic OH excluding ortho intramolecular Hbond substituents is 1. The highest BCUT2D eigenvalue weighted by Crippen LogP contribution is 2.22. The van der Waals surface area contributed by atoms with Gasteiger partial charge >= 0.3 is 0 Å².